The summed E-state index contributed by atoms with van der Waals surface area (Å²) < 4.78 is 0. The third-order valence-corrected chi connectivity index (χ3v) is 2.49. The molecule has 0 aliphatic heterocycles. The molecule has 1 aromatic rings. The molecule has 7 nitrogen and oxygen atoms in total. The van der Waals surface area contributed by atoms with E-state index in [-0.39, 0.29) is 30.4 Å². The van der Waals surface area contributed by atoms with Crippen molar-refractivity contribution < 1.29 is 15.0 Å². The quantitative estimate of drug-likeness (QED) is 0.465. The fourth-order valence-corrected chi connectivity index (χ4v) is 1.45. The maximum absolute atomic E-state index is 10.7. The molecule has 0 radical (unpaired) electrons. The number of carbonyl (C=O) groups excluding carboxylic acids is 1. The van der Waals surface area contributed by atoms with Crippen molar-refractivity contribution in [2.45, 2.75) is 25.6 Å². The number of nitrogens with two attached hydrogens (primary N) is 2. The Morgan fingerprint density at radius 2 is 2.17 bits per heavy atom. The normalized spacial score (nSPS) is 13.9. The van der Waals surface area contributed by atoms with Gasteiger partial charge in [-0.25, -0.2) is 4.98 Å². The van der Waals surface area contributed by atoms with E-state index < -0.39 is 12.2 Å². The Labute approximate surface area is 105 Å². The molecule has 0 aliphatic carbocycles. The molecule has 100 valence electrons. The molecule has 1 heterocycles. The van der Waals surface area contributed by atoms with E-state index in [9.17, 15) is 15.0 Å². The standard InChI is InChI=1S/C11H18N4O3/c1-6(16)14-3-2-9(17)10(18)7-4-8(12)11(13)15-5-7/h4-5,9-10,17-18H,2-3,12H2,1H3,(H2,13,15)(H,14,16). The van der Waals surface area contributed by atoms with Gasteiger partial charge in [0.1, 0.15) is 11.9 Å². The highest BCUT2D eigenvalue weighted by Crippen LogP contribution is 2.22. The molecule has 2 unspecified atom stereocenters. The van der Waals surface area contributed by atoms with E-state index in [0.29, 0.717) is 5.56 Å². The molecular weight excluding hydrogens is 236 g/mol. The maximum atomic E-state index is 10.7. The zero-order valence-electron chi connectivity index (χ0n) is 10.1. The second kappa shape index (κ2) is 6.18. The molecule has 0 aromatic carbocycles. The van der Waals surface area contributed by atoms with Gasteiger partial charge in [0.2, 0.25) is 5.91 Å². The van der Waals surface area contributed by atoms with Crippen LogP contribution in [0.15, 0.2) is 12.3 Å². The van der Waals surface area contributed by atoms with Crippen molar-refractivity contribution >= 4 is 17.4 Å². The van der Waals surface area contributed by atoms with Crippen LogP contribution in [0.4, 0.5) is 11.5 Å². The zero-order chi connectivity index (χ0) is 13.7. The summed E-state index contributed by atoms with van der Waals surface area (Å²) in [7, 11) is 0. The Bertz CT molecular complexity index is 425. The van der Waals surface area contributed by atoms with Crippen LogP contribution in [0.3, 0.4) is 0 Å². The third kappa shape index (κ3) is 3.86. The van der Waals surface area contributed by atoms with E-state index >= 15 is 0 Å². The van der Waals surface area contributed by atoms with Gasteiger partial charge in [-0.1, -0.05) is 0 Å². The summed E-state index contributed by atoms with van der Waals surface area (Å²) >= 11 is 0. The van der Waals surface area contributed by atoms with Crippen molar-refractivity contribution in [3.63, 3.8) is 0 Å². The number of nitrogens with one attached hydrogen (secondary N) is 1. The predicted octanol–water partition coefficient (Wildman–Crippen LogP) is -0.833. The third-order valence-electron chi connectivity index (χ3n) is 2.49. The number of anilines is 2. The number of nitrogens with zero attached hydrogens (tertiary/aromatic N) is 1. The van der Waals surface area contributed by atoms with Crippen LogP contribution in [-0.2, 0) is 4.79 Å². The highest BCUT2D eigenvalue weighted by molar-refractivity contribution is 5.72. The molecule has 2 atom stereocenters. The number of aliphatic hydroxyl groups excluding tert-OH is 2. The van der Waals surface area contributed by atoms with Gasteiger partial charge in [0.05, 0.1) is 11.8 Å². The number of rotatable bonds is 5. The smallest absolute Gasteiger partial charge is 0.216 e. The van der Waals surface area contributed by atoms with Crippen LogP contribution < -0.4 is 16.8 Å². The second-order valence-electron chi connectivity index (χ2n) is 4.03. The van der Waals surface area contributed by atoms with Crippen LogP contribution in [0.5, 0.6) is 0 Å². The Kier molecular flexibility index (Phi) is 4.87. The van der Waals surface area contributed by atoms with Crippen molar-refractivity contribution in [3.8, 4) is 0 Å². The van der Waals surface area contributed by atoms with Gasteiger partial charge in [0.15, 0.2) is 0 Å². The summed E-state index contributed by atoms with van der Waals surface area (Å²) in [5.41, 5.74) is 11.6. The van der Waals surface area contributed by atoms with Crippen LogP contribution in [0.1, 0.15) is 25.0 Å². The van der Waals surface area contributed by atoms with Crippen molar-refractivity contribution in [2.75, 3.05) is 18.0 Å². The van der Waals surface area contributed by atoms with Crippen molar-refractivity contribution in [2.24, 2.45) is 0 Å². The van der Waals surface area contributed by atoms with Crippen LogP contribution >= 0.6 is 0 Å². The predicted molar refractivity (Wildman–Crippen MR) is 67.3 cm³/mol. The minimum atomic E-state index is -1.12. The molecule has 0 saturated carbocycles. The van der Waals surface area contributed by atoms with E-state index in [1.807, 2.05) is 0 Å². The number of carbonyl (C=O) groups is 1. The maximum Gasteiger partial charge on any atom is 0.216 e. The Balaban J connectivity index is 2.59. The lowest BCUT2D eigenvalue weighted by atomic mass is 10.0. The van der Waals surface area contributed by atoms with Gasteiger partial charge < -0.3 is 27.0 Å². The zero-order valence-corrected chi connectivity index (χ0v) is 10.1. The number of aromatic nitrogens is 1. The Morgan fingerprint density at radius 1 is 1.50 bits per heavy atom. The first-order valence-electron chi connectivity index (χ1n) is 5.53. The molecule has 1 aromatic heterocycles. The molecule has 0 saturated heterocycles. The monoisotopic (exact) mass is 254 g/mol. The summed E-state index contributed by atoms with van der Waals surface area (Å²) in [5, 5.41) is 22.1. The topological polar surface area (TPSA) is 134 Å². The first kappa shape index (κ1) is 14.2. The number of aliphatic hydroxyl groups is 2. The van der Waals surface area contributed by atoms with Gasteiger partial charge in [0, 0.05) is 25.2 Å². The van der Waals surface area contributed by atoms with Gasteiger partial charge in [-0.3, -0.25) is 4.79 Å². The fourth-order valence-electron chi connectivity index (χ4n) is 1.45. The summed E-state index contributed by atoms with van der Waals surface area (Å²) in [6.07, 6.45) is -0.543. The van der Waals surface area contributed by atoms with Gasteiger partial charge in [-0.05, 0) is 12.5 Å². The molecule has 0 aliphatic rings. The molecule has 1 amide bonds. The number of nitrogen functional groups attached to an aromatic ring is 2. The van der Waals surface area contributed by atoms with E-state index in [0.717, 1.165) is 0 Å². The van der Waals surface area contributed by atoms with Crippen molar-refractivity contribution in [1.82, 2.24) is 10.3 Å². The van der Waals surface area contributed by atoms with Crippen LogP contribution in [-0.4, -0.2) is 33.8 Å². The molecule has 0 bridgehead atoms. The van der Waals surface area contributed by atoms with Crippen LogP contribution in [0, 0.1) is 0 Å². The molecule has 7 heteroatoms. The van der Waals surface area contributed by atoms with E-state index in [1.165, 1.54) is 19.2 Å². The molecule has 1 rings (SSSR count). The number of amides is 1. The largest absolute Gasteiger partial charge is 0.396 e. The van der Waals surface area contributed by atoms with Gasteiger partial charge in [-0.15, -0.1) is 0 Å². The molecular formula is C11H18N4O3. The minimum Gasteiger partial charge on any atom is -0.396 e. The molecule has 18 heavy (non-hydrogen) atoms. The molecule has 7 N–H and O–H groups in total. The fraction of sp³-hybridized carbons (Fsp3) is 0.455. The SMILES string of the molecule is CC(=O)NCCC(O)C(O)c1cnc(N)c(N)c1. The highest BCUT2D eigenvalue weighted by atomic mass is 16.3. The number of pyridine rings is 1. The lowest BCUT2D eigenvalue weighted by Crippen LogP contribution is -2.27. The Morgan fingerprint density at radius 3 is 2.72 bits per heavy atom. The highest BCUT2D eigenvalue weighted by Gasteiger charge is 2.19. The summed E-state index contributed by atoms with van der Waals surface area (Å²) in [6, 6.07) is 1.47. The van der Waals surface area contributed by atoms with Crippen LogP contribution in [0.25, 0.3) is 0 Å². The second-order valence-corrected chi connectivity index (χ2v) is 4.03. The lowest BCUT2D eigenvalue weighted by Gasteiger charge is -2.18. The molecule has 0 fully saturated rings. The van der Waals surface area contributed by atoms with Crippen molar-refractivity contribution in [1.29, 1.82) is 0 Å². The summed E-state index contributed by atoms with van der Waals surface area (Å²) in [4.78, 5) is 14.5. The number of hydrogen-bond acceptors (Lipinski definition) is 6. The average molecular weight is 254 g/mol. The average Bonchev–Trinajstić information content (AvgIpc) is 2.31. The van der Waals surface area contributed by atoms with Gasteiger partial charge in [-0.2, -0.15) is 0 Å². The summed E-state index contributed by atoms with van der Waals surface area (Å²) in [6.45, 7) is 1.67. The van der Waals surface area contributed by atoms with E-state index in [4.69, 9.17) is 11.5 Å². The Hall–Kier alpha value is -1.86. The van der Waals surface area contributed by atoms with E-state index in [2.05, 4.69) is 10.3 Å². The lowest BCUT2D eigenvalue weighted by molar-refractivity contribution is -0.119. The minimum absolute atomic E-state index is 0.179. The van der Waals surface area contributed by atoms with Gasteiger partial charge >= 0.3 is 0 Å². The van der Waals surface area contributed by atoms with Gasteiger partial charge in [0.25, 0.3) is 0 Å². The first-order valence-corrected chi connectivity index (χ1v) is 5.53. The molecule has 0 spiro atoms. The summed E-state index contributed by atoms with van der Waals surface area (Å²) in [5.74, 6) is -0.00577. The van der Waals surface area contributed by atoms with Crippen LogP contribution in [0.2, 0.25) is 0 Å². The first-order chi connectivity index (χ1) is 8.41. The van der Waals surface area contributed by atoms with E-state index in [1.54, 1.807) is 0 Å². The number of hydrogen-bond donors (Lipinski definition) is 5. The van der Waals surface area contributed by atoms with Crippen molar-refractivity contribution in [3.05, 3.63) is 17.8 Å².